The van der Waals surface area contributed by atoms with Crippen molar-refractivity contribution in [3.8, 4) is 0 Å². The molecule has 0 aliphatic heterocycles. The van der Waals surface area contributed by atoms with Gasteiger partial charge in [0.1, 0.15) is 0 Å². The van der Waals surface area contributed by atoms with Crippen LogP contribution in [0.25, 0.3) is 10.9 Å². The van der Waals surface area contributed by atoms with Crippen molar-refractivity contribution in [2.45, 2.75) is 20.3 Å². The molecular formula is C14H18N2O2. The van der Waals surface area contributed by atoms with Crippen LogP contribution in [0.1, 0.15) is 27.2 Å². The molecule has 2 aromatic rings. The van der Waals surface area contributed by atoms with Gasteiger partial charge in [-0.2, -0.15) is 0 Å². The van der Waals surface area contributed by atoms with Gasteiger partial charge in [0.15, 0.2) is 0 Å². The molecular weight excluding hydrogens is 228 g/mol. The molecule has 0 bridgehead atoms. The highest BCUT2D eigenvalue weighted by Gasteiger charge is 2.18. The topological polar surface area (TPSA) is 68.2 Å². The van der Waals surface area contributed by atoms with Gasteiger partial charge in [0.05, 0.1) is 11.1 Å². The minimum Gasteiger partial charge on any atom is -0.478 e. The normalized spacial score (nSPS) is 11.1. The van der Waals surface area contributed by atoms with Gasteiger partial charge in [0.2, 0.25) is 0 Å². The lowest BCUT2D eigenvalue weighted by Crippen LogP contribution is -2.04. The summed E-state index contributed by atoms with van der Waals surface area (Å²) in [6.45, 7) is 4.49. The fraction of sp³-hybridized carbons (Fsp3) is 0.357. The standard InChI is InChI=1S/C14H18N2O2/c1-8-6-11-10(4-5-15)9(2)16(3)13(11)12(7-8)14(17)18/h6-7H,4-5,15H2,1-3H3,(H,17,18). The smallest absolute Gasteiger partial charge is 0.337 e. The average molecular weight is 246 g/mol. The van der Waals surface area contributed by atoms with E-state index in [0.29, 0.717) is 12.1 Å². The van der Waals surface area contributed by atoms with E-state index in [-0.39, 0.29) is 0 Å². The van der Waals surface area contributed by atoms with Crippen LogP contribution in [0.2, 0.25) is 0 Å². The van der Waals surface area contributed by atoms with E-state index in [9.17, 15) is 9.90 Å². The fourth-order valence-electron chi connectivity index (χ4n) is 2.56. The number of nitrogens with zero attached hydrogens (tertiary/aromatic N) is 1. The summed E-state index contributed by atoms with van der Waals surface area (Å²) in [5, 5.41) is 10.3. The van der Waals surface area contributed by atoms with Crippen molar-refractivity contribution in [1.29, 1.82) is 0 Å². The summed E-state index contributed by atoms with van der Waals surface area (Å²) in [5.41, 5.74) is 9.99. The minimum absolute atomic E-state index is 0.360. The van der Waals surface area contributed by atoms with Gasteiger partial charge < -0.3 is 15.4 Å². The van der Waals surface area contributed by atoms with Crippen LogP contribution in [-0.4, -0.2) is 22.2 Å². The van der Waals surface area contributed by atoms with Gasteiger partial charge in [-0.1, -0.05) is 0 Å². The largest absolute Gasteiger partial charge is 0.478 e. The molecule has 0 unspecified atom stereocenters. The number of hydrogen-bond donors (Lipinski definition) is 2. The number of carbonyl (C=O) groups is 1. The molecule has 2 rings (SSSR count). The first-order valence-electron chi connectivity index (χ1n) is 5.99. The van der Waals surface area contributed by atoms with Gasteiger partial charge in [0.25, 0.3) is 0 Å². The second kappa shape index (κ2) is 4.46. The summed E-state index contributed by atoms with van der Waals surface area (Å²) in [4.78, 5) is 11.4. The highest BCUT2D eigenvalue weighted by Crippen LogP contribution is 2.29. The maximum absolute atomic E-state index is 11.4. The Morgan fingerprint density at radius 3 is 2.61 bits per heavy atom. The number of hydrogen-bond acceptors (Lipinski definition) is 2. The summed E-state index contributed by atoms with van der Waals surface area (Å²) in [6.07, 6.45) is 0.770. The molecule has 96 valence electrons. The predicted octanol–water partition coefficient (Wildman–Crippen LogP) is 1.99. The lowest BCUT2D eigenvalue weighted by Gasteiger charge is -2.04. The van der Waals surface area contributed by atoms with E-state index in [1.54, 1.807) is 6.07 Å². The lowest BCUT2D eigenvalue weighted by molar-refractivity contribution is 0.0698. The molecule has 0 spiro atoms. The number of aromatic nitrogens is 1. The second-order valence-corrected chi connectivity index (χ2v) is 4.68. The van der Waals surface area contributed by atoms with Crippen LogP contribution in [-0.2, 0) is 13.5 Å². The number of rotatable bonds is 3. The third-order valence-electron chi connectivity index (χ3n) is 3.48. The summed E-state index contributed by atoms with van der Waals surface area (Å²) in [7, 11) is 1.90. The van der Waals surface area contributed by atoms with Crippen molar-refractivity contribution in [1.82, 2.24) is 4.57 Å². The SMILES string of the molecule is Cc1cc(C(=O)O)c2c(c1)c(CCN)c(C)n2C. The van der Waals surface area contributed by atoms with Gasteiger partial charge in [0, 0.05) is 18.1 Å². The summed E-state index contributed by atoms with van der Waals surface area (Å²) >= 11 is 0. The molecule has 0 radical (unpaired) electrons. The Balaban J connectivity index is 2.90. The Hall–Kier alpha value is -1.81. The van der Waals surface area contributed by atoms with Crippen molar-refractivity contribution in [2.75, 3.05) is 6.54 Å². The van der Waals surface area contributed by atoms with E-state index in [1.807, 2.05) is 31.5 Å². The predicted molar refractivity (Wildman–Crippen MR) is 72.1 cm³/mol. The zero-order valence-electron chi connectivity index (χ0n) is 10.9. The molecule has 3 N–H and O–H groups in total. The number of aryl methyl sites for hydroxylation is 2. The van der Waals surface area contributed by atoms with Crippen LogP contribution in [0.4, 0.5) is 0 Å². The van der Waals surface area contributed by atoms with E-state index in [4.69, 9.17) is 5.73 Å². The first-order chi connectivity index (χ1) is 8.47. The monoisotopic (exact) mass is 246 g/mol. The van der Waals surface area contributed by atoms with Gasteiger partial charge >= 0.3 is 5.97 Å². The van der Waals surface area contributed by atoms with Crippen molar-refractivity contribution >= 4 is 16.9 Å². The summed E-state index contributed by atoms with van der Waals surface area (Å²) in [6, 6.07) is 3.76. The van der Waals surface area contributed by atoms with Crippen LogP contribution in [0.5, 0.6) is 0 Å². The molecule has 0 atom stereocenters. The van der Waals surface area contributed by atoms with E-state index < -0.39 is 5.97 Å². The maximum atomic E-state index is 11.4. The maximum Gasteiger partial charge on any atom is 0.337 e. The summed E-state index contributed by atoms with van der Waals surface area (Å²) in [5.74, 6) is -0.886. The third kappa shape index (κ3) is 1.78. The Morgan fingerprint density at radius 1 is 1.39 bits per heavy atom. The van der Waals surface area contributed by atoms with Crippen LogP contribution in [0, 0.1) is 13.8 Å². The quantitative estimate of drug-likeness (QED) is 0.870. The van der Waals surface area contributed by atoms with Crippen LogP contribution >= 0.6 is 0 Å². The highest BCUT2D eigenvalue weighted by atomic mass is 16.4. The Kier molecular flexibility index (Phi) is 3.13. The minimum atomic E-state index is -0.886. The first kappa shape index (κ1) is 12.6. The highest BCUT2D eigenvalue weighted by molar-refractivity contribution is 6.04. The zero-order chi connectivity index (χ0) is 13.4. The zero-order valence-corrected chi connectivity index (χ0v) is 10.9. The van der Waals surface area contributed by atoms with E-state index in [0.717, 1.165) is 34.1 Å². The third-order valence-corrected chi connectivity index (χ3v) is 3.48. The molecule has 0 fully saturated rings. The number of benzene rings is 1. The molecule has 1 aromatic heterocycles. The molecule has 4 nitrogen and oxygen atoms in total. The van der Waals surface area contributed by atoms with Crippen LogP contribution < -0.4 is 5.73 Å². The molecule has 0 amide bonds. The second-order valence-electron chi connectivity index (χ2n) is 4.68. The Bertz CT molecular complexity index is 626. The van der Waals surface area contributed by atoms with E-state index >= 15 is 0 Å². The average Bonchev–Trinajstić information content (AvgIpc) is 2.54. The first-order valence-corrected chi connectivity index (χ1v) is 5.99. The van der Waals surface area contributed by atoms with Crippen molar-refractivity contribution < 1.29 is 9.90 Å². The van der Waals surface area contributed by atoms with Gasteiger partial charge in [-0.05, 0) is 50.1 Å². The fourth-order valence-corrected chi connectivity index (χ4v) is 2.56. The van der Waals surface area contributed by atoms with E-state index in [2.05, 4.69) is 0 Å². The Labute approximate surface area is 106 Å². The van der Waals surface area contributed by atoms with Gasteiger partial charge in [-0.25, -0.2) is 4.79 Å². The van der Waals surface area contributed by atoms with Gasteiger partial charge in [-0.3, -0.25) is 0 Å². The Morgan fingerprint density at radius 2 is 2.06 bits per heavy atom. The number of carboxylic acids is 1. The molecule has 18 heavy (non-hydrogen) atoms. The van der Waals surface area contributed by atoms with Crippen molar-refractivity contribution in [3.63, 3.8) is 0 Å². The van der Waals surface area contributed by atoms with E-state index in [1.165, 1.54) is 0 Å². The lowest BCUT2D eigenvalue weighted by atomic mass is 10.0. The molecule has 1 heterocycles. The number of aromatic carboxylic acids is 1. The molecule has 1 aromatic carbocycles. The van der Waals surface area contributed by atoms with Crippen LogP contribution in [0.3, 0.4) is 0 Å². The summed E-state index contributed by atoms with van der Waals surface area (Å²) < 4.78 is 1.95. The molecule has 0 saturated carbocycles. The number of carboxylic acid groups (broad SMARTS) is 1. The molecule has 0 aliphatic rings. The van der Waals surface area contributed by atoms with Gasteiger partial charge in [-0.15, -0.1) is 0 Å². The molecule has 0 aliphatic carbocycles. The van der Waals surface area contributed by atoms with Crippen molar-refractivity contribution in [2.24, 2.45) is 12.8 Å². The number of nitrogens with two attached hydrogens (primary N) is 1. The van der Waals surface area contributed by atoms with Crippen molar-refractivity contribution in [3.05, 3.63) is 34.5 Å². The molecule has 4 heteroatoms. The number of fused-ring (bicyclic) bond motifs is 1. The molecule has 0 saturated heterocycles. The van der Waals surface area contributed by atoms with Crippen LogP contribution in [0.15, 0.2) is 12.1 Å².